The number of isocyanates is 2. The van der Waals surface area contributed by atoms with Crippen molar-refractivity contribution in [2.75, 3.05) is 0 Å². The van der Waals surface area contributed by atoms with E-state index in [1.807, 2.05) is 0 Å². The van der Waals surface area contributed by atoms with Gasteiger partial charge in [0, 0.05) is 5.02 Å². The number of benzene rings is 1. The van der Waals surface area contributed by atoms with Crippen LogP contribution in [0.4, 0.5) is 0 Å². The smallest absolute Gasteiger partial charge is 0.210 e. The zero-order valence-corrected chi connectivity index (χ0v) is 11.2. The molecule has 1 aromatic rings. The lowest BCUT2D eigenvalue weighted by atomic mass is 10.4. The summed E-state index contributed by atoms with van der Waals surface area (Å²) in [7, 11) is -9.20. The molecular formula is C8H3ClN2O6S2. The zero-order chi connectivity index (χ0) is 14.7. The van der Waals surface area contributed by atoms with Gasteiger partial charge in [-0.05, 0) is 18.2 Å². The minimum absolute atomic E-state index is 0.117. The quantitative estimate of drug-likeness (QED) is 0.582. The van der Waals surface area contributed by atoms with E-state index in [9.17, 15) is 26.4 Å². The predicted octanol–water partition coefficient (Wildman–Crippen LogP) is 0.389. The van der Waals surface area contributed by atoms with Crippen LogP contribution in [-0.2, 0) is 29.6 Å². The van der Waals surface area contributed by atoms with Crippen molar-refractivity contribution >= 4 is 43.8 Å². The lowest BCUT2D eigenvalue weighted by Gasteiger charge is -2.04. The van der Waals surface area contributed by atoms with E-state index in [0.29, 0.717) is 0 Å². The Balaban J connectivity index is 3.81. The molecule has 100 valence electrons. The van der Waals surface area contributed by atoms with Gasteiger partial charge in [0.15, 0.2) is 0 Å². The van der Waals surface area contributed by atoms with Crippen molar-refractivity contribution in [1.29, 1.82) is 0 Å². The highest BCUT2D eigenvalue weighted by molar-refractivity contribution is 7.93. The van der Waals surface area contributed by atoms with Gasteiger partial charge in [0.2, 0.25) is 0 Å². The highest BCUT2D eigenvalue weighted by Gasteiger charge is 2.26. The Bertz CT molecular complexity index is 817. The van der Waals surface area contributed by atoms with Crippen molar-refractivity contribution in [3.63, 3.8) is 0 Å². The standard InChI is InChI=1S/C8H3ClN2O6S2/c9-6-1-2-7(18(14,15)10-4-12)8(3-6)19(16,17)11-5-13/h1-3H. The maximum atomic E-state index is 11.6. The molecule has 11 heteroatoms. The molecule has 8 nitrogen and oxygen atoms in total. The molecule has 0 aliphatic carbocycles. The fourth-order valence-electron chi connectivity index (χ4n) is 1.09. The maximum Gasteiger partial charge on any atom is 0.294 e. The molecule has 1 aromatic carbocycles. The lowest BCUT2D eigenvalue weighted by Crippen LogP contribution is -2.06. The lowest BCUT2D eigenvalue weighted by molar-refractivity contribution is 0.560. The SMILES string of the molecule is O=C=NS(=O)(=O)c1ccc(Cl)cc1S(=O)(=O)N=C=O. The summed E-state index contributed by atoms with van der Waals surface area (Å²) in [6.45, 7) is 0. The molecule has 0 N–H and O–H groups in total. The highest BCUT2D eigenvalue weighted by atomic mass is 35.5. The van der Waals surface area contributed by atoms with Crippen LogP contribution >= 0.6 is 11.6 Å². The number of carbonyl (C=O) groups excluding carboxylic acids is 2. The van der Waals surface area contributed by atoms with E-state index in [1.54, 1.807) is 0 Å². The van der Waals surface area contributed by atoms with E-state index in [2.05, 4.69) is 8.80 Å². The largest absolute Gasteiger partial charge is 0.294 e. The van der Waals surface area contributed by atoms with E-state index in [4.69, 9.17) is 11.6 Å². The summed E-state index contributed by atoms with van der Waals surface area (Å²) in [4.78, 5) is 18.3. The molecule has 0 atom stereocenters. The minimum Gasteiger partial charge on any atom is -0.210 e. The van der Waals surface area contributed by atoms with Crippen LogP contribution in [0.1, 0.15) is 0 Å². The van der Waals surface area contributed by atoms with Crippen molar-refractivity contribution < 1.29 is 26.4 Å². The van der Waals surface area contributed by atoms with Crippen LogP contribution in [0.15, 0.2) is 36.8 Å². The summed E-state index contributed by atoms with van der Waals surface area (Å²) in [5.41, 5.74) is 0. The second-order valence-electron chi connectivity index (χ2n) is 2.91. The molecule has 0 unspecified atom stereocenters. The normalized spacial score (nSPS) is 11.2. The second kappa shape index (κ2) is 5.43. The first-order valence-corrected chi connectivity index (χ1v) is 7.48. The molecule has 0 aliphatic rings. The molecule has 0 radical (unpaired) electrons. The maximum absolute atomic E-state index is 11.6. The third-order valence-electron chi connectivity index (χ3n) is 1.78. The Morgan fingerprint density at radius 3 is 1.84 bits per heavy atom. The summed E-state index contributed by atoms with van der Waals surface area (Å²) >= 11 is 5.54. The van der Waals surface area contributed by atoms with Crippen LogP contribution < -0.4 is 0 Å². The Morgan fingerprint density at radius 1 is 0.895 bits per heavy atom. The average molecular weight is 323 g/mol. The summed E-state index contributed by atoms with van der Waals surface area (Å²) in [5.74, 6) is 0. The van der Waals surface area contributed by atoms with Crippen LogP contribution in [-0.4, -0.2) is 29.0 Å². The average Bonchev–Trinajstić information content (AvgIpc) is 2.28. The number of sulfonamides is 2. The number of hydrogen-bond acceptors (Lipinski definition) is 6. The molecular weight excluding hydrogens is 320 g/mol. The van der Waals surface area contributed by atoms with Crippen molar-refractivity contribution in [3.05, 3.63) is 23.2 Å². The van der Waals surface area contributed by atoms with Gasteiger partial charge in [-0.2, -0.15) is 16.8 Å². The van der Waals surface area contributed by atoms with E-state index in [1.165, 1.54) is 0 Å². The van der Waals surface area contributed by atoms with Gasteiger partial charge in [-0.25, -0.2) is 9.59 Å². The Kier molecular flexibility index (Phi) is 4.35. The van der Waals surface area contributed by atoms with Crippen molar-refractivity contribution in [1.82, 2.24) is 0 Å². The number of rotatable bonds is 4. The summed E-state index contributed by atoms with van der Waals surface area (Å²) in [6, 6.07) is 2.63. The van der Waals surface area contributed by atoms with Crippen molar-refractivity contribution in [2.24, 2.45) is 8.80 Å². The van der Waals surface area contributed by atoms with Gasteiger partial charge in [0.25, 0.3) is 32.2 Å². The first kappa shape index (κ1) is 15.2. The van der Waals surface area contributed by atoms with Crippen LogP contribution in [0.5, 0.6) is 0 Å². The number of hydrogen-bond donors (Lipinski definition) is 0. The predicted molar refractivity (Wildman–Crippen MR) is 62.1 cm³/mol. The molecule has 0 saturated carbocycles. The monoisotopic (exact) mass is 322 g/mol. The Morgan fingerprint density at radius 2 is 1.37 bits per heavy atom. The summed E-state index contributed by atoms with van der Waals surface area (Å²) < 4.78 is 51.2. The summed E-state index contributed by atoms with van der Waals surface area (Å²) in [6.07, 6.45) is 1.56. The molecule has 0 aliphatic heterocycles. The van der Waals surface area contributed by atoms with Crippen molar-refractivity contribution in [2.45, 2.75) is 9.79 Å². The minimum atomic E-state index is -4.62. The van der Waals surface area contributed by atoms with Gasteiger partial charge in [-0.1, -0.05) is 20.4 Å². The van der Waals surface area contributed by atoms with Crippen LogP contribution in [0.2, 0.25) is 5.02 Å². The van der Waals surface area contributed by atoms with Gasteiger partial charge in [-0.15, -0.1) is 0 Å². The molecule has 0 saturated heterocycles. The third-order valence-corrected chi connectivity index (χ3v) is 4.58. The first-order valence-electron chi connectivity index (χ1n) is 4.22. The highest BCUT2D eigenvalue weighted by Crippen LogP contribution is 2.27. The van der Waals surface area contributed by atoms with Gasteiger partial charge < -0.3 is 0 Å². The Labute approximate surface area is 112 Å². The van der Waals surface area contributed by atoms with E-state index >= 15 is 0 Å². The first-order chi connectivity index (χ1) is 8.74. The van der Waals surface area contributed by atoms with E-state index in [0.717, 1.165) is 30.4 Å². The number of nitrogens with zero attached hydrogens (tertiary/aromatic N) is 2. The Hall–Kier alpha value is -1.83. The van der Waals surface area contributed by atoms with Crippen LogP contribution in [0, 0.1) is 0 Å². The van der Waals surface area contributed by atoms with Crippen LogP contribution in [0.25, 0.3) is 0 Å². The number of halogens is 1. The molecule has 0 heterocycles. The fraction of sp³-hybridized carbons (Fsp3) is 0. The fourth-order valence-corrected chi connectivity index (χ4v) is 3.51. The molecule has 19 heavy (non-hydrogen) atoms. The van der Waals surface area contributed by atoms with Crippen LogP contribution in [0.3, 0.4) is 0 Å². The second-order valence-corrected chi connectivity index (χ2v) is 6.49. The zero-order valence-electron chi connectivity index (χ0n) is 8.77. The van der Waals surface area contributed by atoms with Crippen molar-refractivity contribution in [3.8, 4) is 0 Å². The molecule has 1 rings (SSSR count). The molecule has 0 fully saturated rings. The molecule has 0 bridgehead atoms. The van der Waals surface area contributed by atoms with Gasteiger partial charge in [-0.3, -0.25) is 0 Å². The van der Waals surface area contributed by atoms with Gasteiger partial charge in [0.05, 0.1) is 0 Å². The van der Waals surface area contributed by atoms with E-state index < -0.39 is 29.8 Å². The molecule has 0 aromatic heterocycles. The summed E-state index contributed by atoms with van der Waals surface area (Å²) in [5, 5.41) is -0.117. The van der Waals surface area contributed by atoms with Gasteiger partial charge >= 0.3 is 0 Å². The molecule has 0 spiro atoms. The van der Waals surface area contributed by atoms with E-state index in [-0.39, 0.29) is 5.02 Å². The third kappa shape index (κ3) is 3.34. The van der Waals surface area contributed by atoms with Gasteiger partial charge in [0.1, 0.15) is 9.79 Å². The topological polar surface area (TPSA) is 127 Å². The molecule has 0 amide bonds.